The number of para-hydroxylation sites is 2. The smallest absolute Gasteiger partial charge is 0.241 e. The third kappa shape index (κ3) is 6.56. The first kappa shape index (κ1) is 25.4. The van der Waals surface area contributed by atoms with Crippen LogP contribution in [0.2, 0.25) is 0 Å². The van der Waals surface area contributed by atoms with Crippen molar-refractivity contribution in [3.63, 3.8) is 0 Å². The molecule has 8 nitrogen and oxygen atoms in total. The van der Waals surface area contributed by atoms with E-state index in [1.165, 1.54) is 25.7 Å². The van der Waals surface area contributed by atoms with Crippen LogP contribution in [0.5, 0.6) is 0 Å². The monoisotopic (exact) mass is 500 g/mol. The second-order valence-corrected chi connectivity index (χ2v) is 10.3. The number of aromatic nitrogens is 3. The molecule has 8 heteroatoms. The summed E-state index contributed by atoms with van der Waals surface area (Å²) in [6, 6.07) is 22.3. The molecule has 2 saturated carbocycles. The Morgan fingerprint density at radius 2 is 1.03 bits per heavy atom. The van der Waals surface area contributed by atoms with Gasteiger partial charge in [0.1, 0.15) is 0 Å². The van der Waals surface area contributed by atoms with Crippen molar-refractivity contribution in [1.29, 1.82) is 0 Å². The van der Waals surface area contributed by atoms with Crippen LogP contribution < -0.4 is 26.2 Å². The first-order chi connectivity index (χ1) is 18.2. The van der Waals surface area contributed by atoms with E-state index in [9.17, 15) is 0 Å². The minimum absolute atomic E-state index is 0.333. The minimum atomic E-state index is 0.333. The lowest BCUT2D eigenvalue weighted by molar-refractivity contribution is 0.367. The number of benzene rings is 2. The van der Waals surface area contributed by atoms with Crippen molar-refractivity contribution in [3.8, 4) is 0 Å². The van der Waals surface area contributed by atoms with Crippen LogP contribution in [0.3, 0.4) is 0 Å². The van der Waals surface area contributed by atoms with Crippen molar-refractivity contribution in [2.75, 3.05) is 29.6 Å². The van der Waals surface area contributed by atoms with Crippen molar-refractivity contribution >= 4 is 29.2 Å². The summed E-state index contributed by atoms with van der Waals surface area (Å²) < 4.78 is 0. The summed E-state index contributed by atoms with van der Waals surface area (Å²) in [5, 5.41) is 14.2. The molecule has 3 aromatic rings. The SMILES string of the molecule is CNC1CCCC(Nc2nc(NC3CCCC(NC)C3)nc(N(c3ccccc3)c3ccccc3)n2)C1. The Kier molecular flexibility index (Phi) is 8.48. The van der Waals surface area contributed by atoms with E-state index in [0.717, 1.165) is 37.1 Å². The first-order valence-corrected chi connectivity index (χ1v) is 13.8. The first-order valence-electron chi connectivity index (χ1n) is 13.8. The molecule has 0 spiro atoms. The zero-order valence-corrected chi connectivity index (χ0v) is 22.0. The molecule has 37 heavy (non-hydrogen) atoms. The quantitative estimate of drug-likeness (QED) is 0.318. The van der Waals surface area contributed by atoms with Gasteiger partial charge in [-0.2, -0.15) is 15.0 Å². The van der Waals surface area contributed by atoms with E-state index in [2.05, 4.69) is 64.5 Å². The maximum atomic E-state index is 4.98. The minimum Gasteiger partial charge on any atom is -0.351 e. The zero-order valence-electron chi connectivity index (χ0n) is 22.0. The third-order valence-corrected chi connectivity index (χ3v) is 7.68. The van der Waals surface area contributed by atoms with Gasteiger partial charge in [-0.05, 0) is 89.7 Å². The fourth-order valence-electron chi connectivity index (χ4n) is 5.66. The largest absolute Gasteiger partial charge is 0.351 e. The van der Waals surface area contributed by atoms with E-state index in [0.29, 0.717) is 42.0 Å². The van der Waals surface area contributed by atoms with Crippen molar-refractivity contribution < 1.29 is 0 Å². The molecule has 2 aromatic carbocycles. The molecule has 1 aromatic heterocycles. The molecule has 2 fully saturated rings. The van der Waals surface area contributed by atoms with Crippen molar-refractivity contribution in [2.45, 2.75) is 75.5 Å². The predicted molar refractivity (Wildman–Crippen MR) is 152 cm³/mol. The Labute approximate surface area is 220 Å². The van der Waals surface area contributed by atoms with Crippen molar-refractivity contribution in [1.82, 2.24) is 25.6 Å². The molecule has 0 saturated heterocycles. The maximum absolute atomic E-state index is 4.98. The highest BCUT2D eigenvalue weighted by Crippen LogP contribution is 2.33. The summed E-state index contributed by atoms with van der Waals surface area (Å²) >= 11 is 0. The van der Waals surface area contributed by atoms with Gasteiger partial charge < -0.3 is 21.3 Å². The van der Waals surface area contributed by atoms with Crippen LogP contribution in [0.25, 0.3) is 0 Å². The number of nitrogens with one attached hydrogen (secondary N) is 4. The molecule has 2 aliphatic rings. The fraction of sp³-hybridized carbons (Fsp3) is 0.483. The second kappa shape index (κ2) is 12.3. The molecule has 2 aliphatic carbocycles. The summed E-state index contributed by atoms with van der Waals surface area (Å²) in [4.78, 5) is 16.9. The summed E-state index contributed by atoms with van der Waals surface area (Å²) in [7, 11) is 4.10. The Hall–Kier alpha value is -3.23. The summed E-state index contributed by atoms with van der Waals surface area (Å²) in [5.74, 6) is 1.87. The van der Waals surface area contributed by atoms with Gasteiger partial charge in [0.25, 0.3) is 0 Å². The van der Waals surface area contributed by atoms with Crippen LogP contribution in [0, 0.1) is 0 Å². The van der Waals surface area contributed by atoms with Gasteiger partial charge in [0, 0.05) is 35.5 Å². The van der Waals surface area contributed by atoms with Crippen LogP contribution in [-0.2, 0) is 0 Å². The molecule has 0 aliphatic heterocycles. The van der Waals surface area contributed by atoms with Crippen LogP contribution in [0.15, 0.2) is 60.7 Å². The molecule has 1 heterocycles. The molecular formula is C29H40N8. The number of anilines is 5. The Morgan fingerprint density at radius 1 is 0.595 bits per heavy atom. The van der Waals surface area contributed by atoms with E-state index < -0.39 is 0 Å². The average molecular weight is 501 g/mol. The van der Waals surface area contributed by atoms with Gasteiger partial charge >= 0.3 is 0 Å². The number of hydrogen-bond donors (Lipinski definition) is 4. The lowest BCUT2D eigenvalue weighted by Gasteiger charge is -2.31. The molecule has 0 radical (unpaired) electrons. The maximum Gasteiger partial charge on any atom is 0.241 e. The number of hydrogen-bond acceptors (Lipinski definition) is 8. The Morgan fingerprint density at radius 3 is 1.46 bits per heavy atom. The van der Waals surface area contributed by atoms with Gasteiger partial charge in [-0.25, -0.2) is 0 Å². The highest BCUT2D eigenvalue weighted by molar-refractivity contribution is 5.73. The molecule has 0 bridgehead atoms. The van der Waals surface area contributed by atoms with Crippen molar-refractivity contribution in [2.24, 2.45) is 0 Å². The van der Waals surface area contributed by atoms with Crippen LogP contribution in [0.1, 0.15) is 51.4 Å². The highest BCUT2D eigenvalue weighted by Gasteiger charge is 2.25. The van der Waals surface area contributed by atoms with Crippen LogP contribution in [-0.4, -0.2) is 53.2 Å². The molecule has 4 N–H and O–H groups in total. The predicted octanol–water partition coefficient (Wildman–Crippen LogP) is 5.23. The van der Waals surface area contributed by atoms with E-state index in [1.54, 1.807) is 0 Å². The topological polar surface area (TPSA) is 90.0 Å². The Balaban J connectivity index is 1.50. The molecule has 5 rings (SSSR count). The standard InChI is InChI=1S/C29H40N8/c1-30-21-11-9-13-23(19-21)32-27-34-28(33-24-14-10-12-22(20-24)31-2)36-29(35-27)37(25-15-5-3-6-16-25)26-17-7-4-8-18-26/h3-8,15-18,21-24,30-31H,9-14,19-20H2,1-2H3,(H2,32,33,34,35,36). The van der Waals surface area contributed by atoms with Gasteiger partial charge in [0.05, 0.1) is 0 Å². The average Bonchev–Trinajstić information content (AvgIpc) is 2.94. The number of nitrogens with zero attached hydrogens (tertiary/aromatic N) is 4. The number of rotatable bonds is 9. The molecular weight excluding hydrogens is 460 g/mol. The molecule has 4 unspecified atom stereocenters. The van der Waals surface area contributed by atoms with E-state index in [-0.39, 0.29) is 0 Å². The van der Waals surface area contributed by atoms with Gasteiger partial charge in [0.2, 0.25) is 17.8 Å². The normalized spacial score (nSPS) is 23.8. The van der Waals surface area contributed by atoms with Gasteiger partial charge in [-0.3, -0.25) is 4.90 Å². The van der Waals surface area contributed by atoms with E-state index >= 15 is 0 Å². The highest BCUT2D eigenvalue weighted by atomic mass is 15.3. The van der Waals surface area contributed by atoms with E-state index in [4.69, 9.17) is 15.0 Å². The lowest BCUT2D eigenvalue weighted by Crippen LogP contribution is -2.38. The lowest BCUT2D eigenvalue weighted by atomic mass is 9.91. The summed E-state index contributed by atoms with van der Waals surface area (Å²) in [6.07, 6.45) is 9.19. The third-order valence-electron chi connectivity index (χ3n) is 7.68. The van der Waals surface area contributed by atoms with E-state index in [1.807, 2.05) is 36.4 Å². The molecule has 4 atom stereocenters. The van der Waals surface area contributed by atoms with Crippen LogP contribution in [0.4, 0.5) is 29.2 Å². The molecule has 0 amide bonds. The summed E-state index contributed by atoms with van der Waals surface area (Å²) in [5.41, 5.74) is 2.02. The van der Waals surface area contributed by atoms with Gasteiger partial charge in [0.15, 0.2) is 0 Å². The Bertz CT molecular complexity index is 1030. The zero-order chi connectivity index (χ0) is 25.5. The van der Waals surface area contributed by atoms with Crippen molar-refractivity contribution in [3.05, 3.63) is 60.7 Å². The fourth-order valence-corrected chi connectivity index (χ4v) is 5.66. The van der Waals surface area contributed by atoms with Crippen LogP contribution >= 0.6 is 0 Å². The second-order valence-electron chi connectivity index (χ2n) is 10.3. The van der Waals surface area contributed by atoms with Gasteiger partial charge in [-0.1, -0.05) is 36.4 Å². The molecule has 196 valence electrons. The van der Waals surface area contributed by atoms with Gasteiger partial charge in [-0.15, -0.1) is 0 Å². The summed E-state index contributed by atoms with van der Waals surface area (Å²) in [6.45, 7) is 0.